The molecular formula is C38H32ClN3O6S. The van der Waals surface area contributed by atoms with E-state index in [0.717, 1.165) is 16.8 Å². The number of aromatic nitrogens is 1. The van der Waals surface area contributed by atoms with Crippen molar-refractivity contribution in [2.45, 2.75) is 30.4 Å². The number of halogens is 1. The molecule has 0 saturated carbocycles. The lowest BCUT2D eigenvalue weighted by molar-refractivity contribution is -0.115. The number of hydrogen-bond acceptors (Lipinski definition) is 6. The van der Waals surface area contributed by atoms with Crippen molar-refractivity contribution < 1.29 is 27.9 Å². The van der Waals surface area contributed by atoms with E-state index in [9.17, 15) is 23.1 Å². The summed E-state index contributed by atoms with van der Waals surface area (Å²) in [7, 11) is -4.06. The number of phenols is 1. The van der Waals surface area contributed by atoms with Crippen LogP contribution in [0.3, 0.4) is 0 Å². The maximum atomic E-state index is 13.8. The Labute approximate surface area is 288 Å². The van der Waals surface area contributed by atoms with E-state index in [1.165, 1.54) is 24.3 Å². The topological polar surface area (TPSA) is 127 Å². The second-order valence-corrected chi connectivity index (χ2v) is 14.0. The van der Waals surface area contributed by atoms with Gasteiger partial charge in [0.05, 0.1) is 27.4 Å². The van der Waals surface area contributed by atoms with Crippen molar-refractivity contribution in [2.24, 2.45) is 0 Å². The zero-order valence-electron chi connectivity index (χ0n) is 26.6. The fourth-order valence-corrected chi connectivity index (χ4v) is 7.40. The van der Waals surface area contributed by atoms with E-state index in [0.29, 0.717) is 21.7 Å². The number of ether oxygens (including phenoxy) is 1. The van der Waals surface area contributed by atoms with Crippen molar-refractivity contribution in [3.8, 4) is 22.9 Å². The predicted molar refractivity (Wildman–Crippen MR) is 192 cm³/mol. The number of phenolic OH excluding ortho intramolecular Hbond substituents is 1. The van der Waals surface area contributed by atoms with Crippen molar-refractivity contribution >= 4 is 55.5 Å². The number of nitrogens with zero attached hydrogens (tertiary/aromatic N) is 1. The molecule has 6 rings (SSSR count). The van der Waals surface area contributed by atoms with Crippen molar-refractivity contribution in [1.29, 1.82) is 0 Å². The number of hydrogen-bond donors (Lipinski definition) is 3. The van der Waals surface area contributed by atoms with Crippen LogP contribution in [-0.2, 0) is 14.6 Å². The molecule has 1 aromatic heterocycles. The van der Waals surface area contributed by atoms with E-state index in [4.69, 9.17) is 16.3 Å². The minimum Gasteiger partial charge on any atom is -0.506 e. The number of anilines is 2. The van der Waals surface area contributed by atoms with Gasteiger partial charge in [0.2, 0.25) is 5.91 Å². The summed E-state index contributed by atoms with van der Waals surface area (Å²) < 4.78 is 35.0. The van der Waals surface area contributed by atoms with Gasteiger partial charge in [-0.1, -0.05) is 67.1 Å². The average molecular weight is 694 g/mol. The SMILES string of the molecule is CCC(C(=O)Nc1cc(O)c(NC(=O)c2cn(-c3ccccc3)c3ccccc23)cc1Oc1ccc(Cl)cc1)S(=O)(=O)c1cccc(C)c1. The second-order valence-electron chi connectivity index (χ2n) is 11.4. The van der Waals surface area contributed by atoms with Crippen LogP contribution in [0.4, 0.5) is 11.4 Å². The zero-order valence-corrected chi connectivity index (χ0v) is 28.1. The van der Waals surface area contributed by atoms with Crippen LogP contribution in [0.25, 0.3) is 16.6 Å². The van der Waals surface area contributed by atoms with Gasteiger partial charge in [0.25, 0.3) is 5.91 Å². The number of benzene rings is 5. The summed E-state index contributed by atoms with van der Waals surface area (Å²) in [4.78, 5) is 27.4. The Kier molecular flexibility index (Phi) is 9.44. The van der Waals surface area contributed by atoms with Crippen LogP contribution in [0.15, 0.2) is 126 Å². The predicted octanol–water partition coefficient (Wildman–Crippen LogP) is 8.53. The monoisotopic (exact) mass is 693 g/mol. The van der Waals surface area contributed by atoms with Crippen molar-refractivity contribution in [2.75, 3.05) is 10.6 Å². The number of aryl methyl sites for hydroxylation is 1. The molecule has 0 saturated heterocycles. The number of aromatic hydroxyl groups is 1. The van der Waals surface area contributed by atoms with E-state index < -0.39 is 26.9 Å². The van der Waals surface area contributed by atoms with Gasteiger partial charge in [-0.05, 0) is 73.5 Å². The van der Waals surface area contributed by atoms with Crippen LogP contribution in [0.5, 0.6) is 17.2 Å². The first-order valence-corrected chi connectivity index (χ1v) is 17.4. The quantitative estimate of drug-likeness (QED) is 0.124. The summed E-state index contributed by atoms with van der Waals surface area (Å²) in [5.74, 6) is -1.31. The Morgan fingerprint density at radius 1 is 0.857 bits per heavy atom. The molecule has 9 nitrogen and oxygen atoms in total. The number of fused-ring (bicyclic) bond motifs is 1. The minimum absolute atomic E-state index is 0.00271. The summed E-state index contributed by atoms with van der Waals surface area (Å²) in [5.41, 5.74) is 2.79. The van der Waals surface area contributed by atoms with Crippen molar-refractivity contribution in [1.82, 2.24) is 4.57 Å². The Morgan fingerprint density at radius 3 is 2.29 bits per heavy atom. The van der Waals surface area contributed by atoms with Crippen LogP contribution in [0, 0.1) is 6.92 Å². The maximum Gasteiger partial charge on any atom is 0.257 e. The van der Waals surface area contributed by atoms with Gasteiger partial charge in [-0.3, -0.25) is 9.59 Å². The van der Waals surface area contributed by atoms with E-state index in [2.05, 4.69) is 10.6 Å². The molecule has 248 valence electrons. The molecule has 2 amide bonds. The van der Waals surface area contributed by atoms with Crippen LogP contribution in [0.1, 0.15) is 29.3 Å². The van der Waals surface area contributed by atoms with Crippen molar-refractivity contribution in [3.05, 3.63) is 138 Å². The number of carbonyl (C=O) groups is 2. The molecular weight excluding hydrogens is 662 g/mol. The Bertz CT molecular complexity index is 2290. The van der Waals surface area contributed by atoms with Gasteiger partial charge < -0.3 is 25.0 Å². The van der Waals surface area contributed by atoms with E-state index in [-0.39, 0.29) is 34.2 Å². The average Bonchev–Trinajstić information content (AvgIpc) is 3.48. The number of sulfone groups is 1. The fraction of sp³-hybridized carbons (Fsp3) is 0.105. The summed E-state index contributed by atoms with van der Waals surface area (Å²) >= 11 is 6.06. The molecule has 6 aromatic rings. The Balaban J connectivity index is 1.35. The molecule has 0 radical (unpaired) electrons. The third kappa shape index (κ3) is 7.01. The van der Waals surface area contributed by atoms with Gasteiger partial charge in [-0.15, -0.1) is 0 Å². The highest BCUT2D eigenvalue weighted by molar-refractivity contribution is 7.92. The molecule has 1 atom stereocenters. The summed E-state index contributed by atoms with van der Waals surface area (Å²) in [6.45, 7) is 3.37. The molecule has 0 spiro atoms. The molecule has 0 aliphatic carbocycles. The minimum atomic E-state index is -4.06. The molecule has 11 heteroatoms. The first kappa shape index (κ1) is 33.3. The smallest absolute Gasteiger partial charge is 0.257 e. The molecule has 49 heavy (non-hydrogen) atoms. The van der Waals surface area contributed by atoms with Gasteiger partial charge >= 0.3 is 0 Å². The molecule has 1 unspecified atom stereocenters. The molecule has 0 bridgehead atoms. The molecule has 0 aliphatic heterocycles. The van der Waals surface area contributed by atoms with Crippen LogP contribution >= 0.6 is 11.6 Å². The van der Waals surface area contributed by atoms with Crippen LogP contribution in [0.2, 0.25) is 5.02 Å². The van der Waals surface area contributed by atoms with Gasteiger partial charge in [0, 0.05) is 34.4 Å². The highest BCUT2D eigenvalue weighted by Crippen LogP contribution is 2.39. The number of carbonyl (C=O) groups excluding carboxylic acids is 2. The lowest BCUT2D eigenvalue weighted by atomic mass is 10.1. The third-order valence-electron chi connectivity index (χ3n) is 7.99. The zero-order chi connectivity index (χ0) is 34.7. The molecule has 0 aliphatic rings. The number of rotatable bonds is 10. The normalized spacial score (nSPS) is 12.0. The highest BCUT2D eigenvalue weighted by Gasteiger charge is 2.33. The van der Waals surface area contributed by atoms with Gasteiger partial charge in [-0.2, -0.15) is 0 Å². The van der Waals surface area contributed by atoms with Gasteiger partial charge in [0.1, 0.15) is 16.7 Å². The van der Waals surface area contributed by atoms with Crippen molar-refractivity contribution in [3.63, 3.8) is 0 Å². The van der Waals surface area contributed by atoms with E-state index >= 15 is 0 Å². The summed E-state index contributed by atoms with van der Waals surface area (Å²) in [5, 5.41) is 16.3. The number of para-hydroxylation sites is 2. The first-order valence-electron chi connectivity index (χ1n) is 15.4. The number of nitrogens with one attached hydrogen (secondary N) is 2. The lowest BCUT2D eigenvalue weighted by Crippen LogP contribution is -2.34. The third-order valence-corrected chi connectivity index (χ3v) is 10.5. The highest BCUT2D eigenvalue weighted by atomic mass is 35.5. The van der Waals surface area contributed by atoms with E-state index in [1.807, 2.05) is 59.2 Å². The Hall–Kier alpha value is -5.58. The lowest BCUT2D eigenvalue weighted by Gasteiger charge is -2.19. The summed E-state index contributed by atoms with van der Waals surface area (Å²) in [6, 6.07) is 32.4. The fourth-order valence-electron chi connectivity index (χ4n) is 5.55. The van der Waals surface area contributed by atoms with Crippen LogP contribution < -0.4 is 15.4 Å². The standard InChI is InChI=1S/C38H32ClN3O6S/c1-3-36(49(46,47)28-13-9-10-24(2)20-28)38(45)41-32-21-34(43)31(22-35(32)48-27-18-16-25(39)17-19-27)40-37(44)30-23-42(26-11-5-4-6-12-26)33-15-8-7-14-29(30)33/h4-23,36,43H,3H2,1-2H3,(H,40,44)(H,41,45). The number of amides is 2. The van der Waals surface area contributed by atoms with Crippen LogP contribution in [-0.4, -0.2) is 35.2 Å². The molecule has 0 fully saturated rings. The molecule has 1 heterocycles. The first-order chi connectivity index (χ1) is 23.5. The summed E-state index contributed by atoms with van der Waals surface area (Å²) in [6.07, 6.45) is 1.72. The second kappa shape index (κ2) is 13.9. The largest absolute Gasteiger partial charge is 0.506 e. The van der Waals surface area contributed by atoms with E-state index in [1.54, 1.807) is 56.4 Å². The molecule has 5 aromatic carbocycles. The maximum absolute atomic E-state index is 13.8. The molecule has 3 N–H and O–H groups in total. The van der Waals surface area contributed by atoms with Gasteiger partial charge in [0.15, 0.2) is 15.6 Å². The van der Waals surface area contributed by atoms with Gasteiger partial charge in [-0.25, -0.2) is 8.42 Å². The Morgan fingerprint density at radius 2 is 1.57 bits per heavy atom.